The molecule has 38 valence electrons. The molecule has 0 saturated heterocycles. The molecule has 0 bridgehead atoms. The summed E-state index contributed by atoms with van der Waals surface area (Å²) in [4.78, 5) is 0. The van der Waals surface area contributed by atoms with Gasteiger partial charge in [0.25, 0.3) is 0 Å². The normalized spacial score (nSPS) is 0. The zero-order chi connectivity index (χ0) is 0. The molecule has 0 spiro atoms. The van der Waals surface area contributed by atoms with Gasteiger partial charge in [0.1, 0.15) is 0 Å². The molecule has 0 fully saturated rings. The fraction of sp³-hybridized carbons (Fsp3) is 0. The average molecular weight is 85.9 g/mol. The van der Waals surface area contributed by atoms with Crippen LogP contribution in [0.4, 0.5) is 0 Å². The van der Waals surface area contributed by atoms with Crippen LogP contribution in [-0.4, -0.2) is 30.3 Å². The first-order valence-electron chi connectivity index (χ1n) is 0. The van der Waals surface area contributed by atoms with E-state index in [0.717, 1.165) is 0 Å². The third-order valence-electron chi connectivity index (χ3n) is 0. The topological polar surface area (TPSA) is 126 Å². The van der Waals surface area contributed by atoms with Crippen LogP contribution in [-0.2, 0) is 0 Å². The van der Waals surface area contributed by atoms with Crippen LogP contribution in [0, 0.1) is 0 Å². The molecule has 0 aliphatic rings. The summed E-state index contributed by atoms with van der Waals surface area (Å²) in [7, 11) is 0. The van der Waals surface area contributed by atoms with Crippen molar-refractivity contribution in [2.24, 2.45) is 0 Å². The van der Waals surface area contributed by atoms with E-state index in [2.05, 4.69) is 0 Å². The Balaban J connectivity index is 0. The molecule has 0 rings (SSSR count). The van der Waals surface area contributed by atoms with Crippen LogP contribution in [0.5, 0.6) is 0 Å². The Hall–Kier alpha value is -0.0951. The zero-order valence-corrected chi connectivity index (χ0v) is 2.00. The highest BCUT2D eigenvalue weighted by Crippen LogP contribution is -0.286. The summed E-state index contributed by atoms with van der Waals surface area (Å²) in [6, 6.07) is 0. The lowest BCUT2D eigenvalue weighted by molar-refractivity contribution is 0.823. The second kappa shape index (κ2) is 3650. The van der Waals surface area contributed by atoms with Crippen molar-refractivity contribution in [1.29, 1.82) is 0 Å². The number of rotatable bonds is 0. The monoisotopic (exact) mass is 86.1 g/mol. The molecule has 0 unspecified atom stereocenters. The van der Waals surface area contributed by atoms with Crippen molar-refractivity contribution in [3.8, 4) is 0 Å². The Morgan fingerprint density at radius 3 is 0.400 bits per heavy atom. The van der Waals surface area contributed by atoms with Crippen LogP contribution >= 0.6 is 0 Å². The van der Waals surface area contributed by atoms with Crippen molar-refractivity contribution in [3.05, 3.63) is 0 Å². The summed E-state index contributed by atoms with van der Waals surface area (Å²) in [5.41, 5.74) is 0. The molecule has 0 amide bonds. The van der Waals surface area contributed by atoms with Gasteiger partial charge in [0.15, 0.2) is 0 Å². The lowest BCUT2D eigenvalue weighted by atomic mass is 10.8. The van der Waals surface area contributed by atoms with E-state index in [1.54, 1.807) is 0 Å². The van der Waals surface area contributed by atoms with Crippen LogP contribution in [0.25, 0.3) is 0 Å². The van der Waals surface area contributed by atoms with Gasteiger partial charge in [-0.05, 0) is 0 Å². The van der Waals surface area contributed by atoms with Crippen molar-refractivity contribution in [2.75, 3.05) is 0 Å². The van der Waals surface area contributed by atoms with E-state index in [-0.39, 0.29) is 30.3 Å². The van der Waals surface area contributed by atoms with Gasteiger partial charge in [0.2, 0.25) is 0 Å². The van der Waals surface area contributed by atoms with E-state index in [1.807, 2.05) is 0 Å². The molecule has 4 nitrogen and oxygen atoms in total. The smallest absolute Gasteiger partial charge is 0.0814 e. The third-order valence-corrected chi connectivity index (χ3v) is 0. The molecule has 0 aromatic rings. The quantitative estimate of drug-likeness (QED) is 0.263. The van der Waals surface area contributed by atoms with Crippen LogP contribution in [0.2, 0.25) is 0 Å². The van der Waals surface area contributed by atoms with E-state index in [4.69, 9.17) is 0 Å². The fourth-order valence-electron chi connectivity index (χ4n) is 0. The molecule has 0 aliphatic carbocycles. The van der Waals surface area contributed by atoms with Gasteiger partial charge in [-0.2, -0.15) is 0 Å². The Labute approximate surface area is 31.6 Å². The number of hydrogen-bond acceptors (Lipinski definition) is 0. The van der Waals surface area contributed by atoms with Crippen LogP contribution < -0.4 is 0 Å². The first-order valence-corrected chi connectivity index (χ1v) is 0. The Bertz CT molecular complexity index is 3.61. The van der Waals surface area contributed by atoms with Gasteiger partial charge in [-0.1, -0.05) is 0 Å². The summed E-state index contributed by atoms with van der Waals surface area (Å²) in [5, 5.41) is 0. The van der Waals surface area contributed by atoms with Crippen molar-refractivity contribution in [3.63, 3.8) is 0 Å². The van der Waals surface area contributed by atoms with Gasteiger partial charge in [-0.3, -0.25) is 0 Å². The maximum Gasteiger partial charge on any atom is 0.0814 e. The van der Waals surface area contributed by atoms with Crippen LogP contribution in [0.15, 0.2) is 0 Å². The number of hydrogen-bond donors (Lipinski definition) is 0. The Morgan fingerprint density at radius 1 is 0.400 bits per heavy atom. The predicted molar refractivity (Wildman–Crippen MR) is 24.4 cm³/mol. The molecule has 0 aliphatic heterocycles. The maximum atomic E-state index is 0. The van der Waals surface area contributed by atoms with Crippen molar-refractivity contribution in [1.82, 2.24) is 0 Å². The zero-order valence-electron chi connectivity index (χ0n) is 2.00. The van der Waals surface area contributed by atoms with E-state index in [1.165, 1.54) is 0 Å². The molecule has 0 atom stereocenters. The van der Waals surface area contributed by atoms with E-state index < -0.39 is 0 Å². The summed E-state index contributed by atoms with van der Waals surface area (Å²) in [5.74, 6) is 0. The van der Waals surface area contributed by atoms with Crippen LogP contribution in [0.1, 0.15) is 0 Å². The summed E-state index contributed by atoms with van der Waals surface area (Å²) in [6.07, 6.45) is 0. The highest BCUT2D eigenvalue weighted by atomic mass is 16.0. The van der Waals surface area contributed by atoms with Gasteiger partial charge in [-0.25, -0.2) is 0 Å². The van der Waals surface area contributed by atoms with Gasteiger partial charge in [-0.15, -0.1) is 0 Å². The summed E-state index contributed by atoms with van der Waals surface area (Å²) >= 11 is 0. The molecular formula is H11BO4. The minimum absolute atomic E-state index is 0. The lowest BCUT2D eigenvalue weighted by Crippen LogP contribution is -0.381. The van der Waals surface area contributed by atoms with Crippen LogP contribution in [0.3, 0.4) is 0 Å². The SMILES string of the molecule is B.O.O.O.O. The average Bonchev–Trinajstić information content (AvgIpc) is 0. The third kappa shape index (κ3) is 1570. The standard InChI is InChI=1S/BH3.4H2O/h1H3;4*1H2. The summed E-state index contributed by atoms with van der Waals surface area (Å²) in [6.45, 7) is 0. The maximum absolute atomic E-state index is 0. The largest absolute Gasteiger partial charge is 0.412 e. The second-order valence-corrected chi connectivity index (χ2v) is 0. The second-order valence-electron chi connectivity index (χ2n) is 0. The minimum Gasteiger partial charge on any atom is -0.412 e. The van der Waals surface area contributed by atoms with E-state index in [0.29, 0.717) is 0 Å². The predicted octanol–water partition coefficient (Wildman–Crippen LogP) is -4.48. The summed E-state index contributed by atoms with van der Waals surface area (Å²) < 4.78 is 0. The highest BCUT2D eigenvalue weighted by Gasteiger charge is 0.0814. The van der Waals surface area contributed by atoms with E-state index in [9.17, 15) is 0 Å². The van der Waals surface area contributed by atoms with Crippen molar-refractivity contribution >= 4 is 8.41 Å². The molecule has 8 N–H and O–H groups in total. The lowest BCUT2D eigenvalue weighted by Gasteiger charge is -0.413. The first-order chi connectivity index (χ1) is 0. The molecule has 0 aromatic heterocycles. The Morgan fingerprint density at radius 2 is 0.400 bits per heavy atom. The van der Waals surface area contributed by atoms with Gasteiger partial charge >= 0.3 is 0 Å². The van der Waals surface area contributed by atoms with Gasteiger partial charge < -0.3 is 21.9 Å². The minimum atomic E-state index is 0. The Kier molecular flexibility index (Phi) is 6040000. The molecule has 0 radical (unpaired) electrons. The van der Waals surface area contributed by atoms with Gasteiger partial charge in [0.05, 0.1) is 8.41 Å². The molecule has 5 heteroatoms. The first kappa shape index (κ1) is 8280. The van der Waals surface area contributed by atoms with Crippen molar-refractivity contribution in [2.45, 2.75) is 0 Å². The molecular weight excluding hydrogens is 74.8 g/mol. The molecule has 0 heterocycles. The highest BCUT2D eigenvalue weighted by molar-refractivity contribution is 5.75. The van der Waals surface area contributed by atoms with Gasteiger partial charge in [0, 0.05) is 0 Å². The van der Waals surface area contributed by atoms with E-state index >= 15 is 0 Å². The molecule has 0 saturated carbocycles. The molecule has 0 aromatic carbocycles. The molecule has 5 heavy (non-hydrogen) atoms. The van der Waals surface area contributed by atoms with Crippen molar-refractivity contribution < 1.29 is 21.9 Å². The fourth-order valence-corrected chi connectivity index (χ4v) is 0.